The summed E-state index contributed by atoms with van der Waals surface area (Å²) >= 11 is 0. The van der Waals surface area contributed by atoms with Crippen LogP contribution in [0.1, 0.15) is 0 Å². The number of aliphatic hydroxyl groups is 3. The van der Waals surface area contributed by atoms with Gasteiger partial charge in [0.05, 0.1) is 26.4 Å². The van der Waals surface area contributed by atoms with E-state index in [2.05, 4.69) is 0 Å². The van der Waals surface area contributed by atoms with Gasteiger partial charge in [-0.1, -0.05) is 0 Å². The minimum absolute atomic E-state index is 0.0406. The Bertz CT molecular complexity index is 103. The normalized spacial score (nSPS) is 29.7. The van der Waals surface area contributed by atoms with Crippen LogP contribution in [0, 0.1) is 5.92 Å². The molecule has 1 aliphatic rings. The predicted octanol–water partition coefficient (Wildman–Crippen LogP) is -1.65. The Kier molecular flexibility index (Phi) is 2.25. The fraction of sp³-hybridized carbons (Fsp3) is 1.00. The molecular formula is C6H12O4. The summed E-state index contributed by atoms with van der Waals surface area (Å²) in [5, 5.41) is 26.2. The van der Waals surface area contributed by atoms with Gasteiger partial charge in [-0.25, -0.2) is 0 Å². The smallest absolute Gasteiger partial charge is 0.121 e. The lowest BCUT2D eigenvalue weighted by Crippen LogP contribution is -2.60. The van der Waals surface area contributed by atoms with E-state index in [9.17, 15) is 0 Å². The molecule has 0 aromatic rings. The molecule has 1 heterocycles. The summed E-state index contributed by atoms with van der Waals surface area (Å²) in [5.41, 5.74) is -0.866. The van der Waals surface area contributed by atoms with E-state index in [1.165, 1.54) is 0 Å². The zero-order valence-electron chi connectivity index (χ0n) is 5.66. The zero-order valence-corrected chi connectivity index (χ0v) is 5.66. The minimum atomic E-state index is -0.866. The van der Waals surface area contributed by atoms with Gasteiger partial charge in [-0.3, -0.25) is 0 Å². The van der Waals surface area contributed by atoms with Crippen LogP contribution < -0.4 is 0 Å². The molecule has 1 rings (SSSR count). The maximum Gasteiger partial charge on any atom is 0.121 e. The standard InChI is InChI=1S/C6H12O4/c7-1-5-2-10-6(5,3-8)4-9/h5,7-9H,1-4H2. The topological polar surface area (TPSA) is 69.9 Å². The molecular weight excluding hydrogens is 136 g/mol. The van der Waals surface area contributed by atoms with Crippen LogP contribution >= 0.6 is 0 Å². The van der Waals surface area contributed by atoms with Crippen molar-refractivity contribution in [3.63, 3.8) is 0 Å². The Labute approximate surface area is 59.1 Å². The average Bonchev–Trinajstić information content (AvgIpc) is 1.90. The first kappa shape index (κ1) is 7.94. The minimum Gasteiger partial charge on any atom is -0.396 e. The first-order chi connectivity index (χ1) is 4.79. The Morgan fingerprint density at radius 2 is 1.90 bits per heavy atom. The molecule has 0 saturated carbocycles. The molecule has 0 spiro atoms. The summed E-state index contributed by atoms with van der Waals surface area (Å²) in [6.07, 6.45) is 0. The molecule has 1 aliphatic heterocycles. The number of rotatable bonds is 3. The van der Waals surface area contributed by atoms with Crippen molar-refractivity contribution in [2.75, 3.05) is 26.4 Å². The van der Waals surface area contributed by atoms with Crippen molar-refractivity contribution in [2.45, 2.75) is 5.60 Å². The summed E-state index contributed by atoms with van der Waals surface area (Å²) in [7, 11) is 0. The number of hydrogen-bond acceptors (Lipinski definition) is 4. The van der Waals surface area contributed by atoms with Crippen molar-refractivity contribution in [3.8, 4) is 0 Å². The van der Waals surface area contributed by atoms with Gasteiger partial charge in [0.1, 0.15) is 5.60 Å². The van der Waals surface area contributed by atoms with Gasteiger partial charge in [-0.15, -0.1) is 0 Å². The highest BCUT2D eigenvalue weighted by Crippen LogP contribution is 2.31. The molecule has 10 heavy (non-hydrogen) atoms. The van der Waals surface area contributed by atoms with Gasteiger partial charge in [0.2, 0.25) is 0 Å². The molecule has 60 valence electrons. The van der Waals surface area contributed by atoms with E-state index in [1.807, 2.05) is 0 Å². The van der Waals surface area contributed by atoms with Crippen LogP contribution in [0.25, 0.3) is 0 Å². The molecule has 0 bridgehead atoms. The number of aliphatic hydroxyl groups excluding tert-OH is 3. The van der Waals surface area contributed by atoms with Crippen LogP contribution in [-0.4, -0.2) is 47.3 Å². The molecule has 0 aliphatic carbocycles. The summed E-state index contributed by atoms with van der Waals surface area (Å²) in [6, 6.07) is 0. The third-order valence-electron chi connectivity index (χ3n) is 2.07. The van der Waals surface area contributed by atoms with Crippen LogP contribution in [-0.2, 0) is 4.74 Å². The molecule has 4 heteroatoms. The molecule has 4 nitrogen and oxygen atoms in total. The second-order valence-corrected chi connectivity index (χ2v) is 2.57. The molecule has 0 aromatic heterocycles. The quantitative estimate of drug-likeness (QED) is 0.448. The average molecular weight is 148 g/mol. The molecule has 1 saturated heterocycles. The van der Waals surface area contributed by atoms with E-state index in [-0.39, 0.29) is 25.7 Å². The largest absolute Gasteiger partial charge is 0.396 e. The molecule has 1 unspecified atom stereocenters. The summed E-state index contributed by atoms with van der Waals surface area (Å²) in [5.74, 6) is -0.109. The lowest BCUT2D eigenvalue weighted by molar-refractivity contribution is -0.247. The SMILES string of the molecule is OCC1COC1(CO)CO. The highest BCUT2D eigenvalue weighted by atomic mass is 16.5. The first-order valence-electron chi connectivity index (χ1n) is 3.25. The Morgan fingerprint density at radius 3 is 2.00 bits per heavy atom. The molecule has 3 N–H and O–H groups in total. The van der Waals surface area contributed by atoms with Gasteiger partial charge in [0.15, 0.2) is 0 Å². The first-order valence-corrected chi connectivity index (χ1v) is 3.25. The maximum absolute atomic E-state index is 8.74. The lowest BCUT2D eigenvalue weighted by Gasteiger charge is -2.46. The Balaban J connectivity index is 2.48. The highest BCUT2D eigenvalue weighted by Gasteiger charge is 2.47. The van der Waals surface area contributed by atoms with Crippen LogP contribution in [0.3, 0.4) is 0 Å². The fourth-order valence-electron chi connectivity index (χ4n) is 1.06. The van der Waals surface area contributed by atoms with Gasteiger partial charge < -0.3 is 20.1 Å². The number of ether oxygens (including phenoxy) is 1. The van der Waals surface area contributed by atoms with Crippen molar-refractivity contribution in [3.05, 3.63) is 0 Å². The van der Waals surface area contributed by atoms with E-state index in [0.717, 1.165) is 0 Å². The van der Waals surface area contributed by atoms with E-state index in [4.69, 9.17) is 20.1 Å². The third-order valence-corrected chi connectivity index (χ3v) is 2.07. The van der Waals surface area contributed by atoms with Gasteiger partial charge in [-0.2, -0.15) is 0 Å². The summed E-state index contributed by atoms with van der Waals surface area (Å²) < 4.78 is 4.96. The predicted molar refractivity (Wildman–Crippen MR) is 33.4 cm³/mol. The number of hydrogen-bond donors (Lipinski definition) is 3. The molecule has 1 fully saturated rings. The maximum atomic E-state index is 8.74. The van der Waals surface area contributed by atoms with Crippen molar-refractivity contribution in [2.24, 2.45) is 5.92 Å². The fourth-order valence-corrected chi connectivity index (χ4v) is 1.06. The third kappa shape index (κ3) is 0.932. The van der Waals surface area contributed by atoms with E-state index < -0.39 is 5.60 Å². The monoisotopic (exact) mass is 148 g/mol. The van der Waals surface area contributed by atoms with Gasteiger partial charge in [0, 0.05) is 5.92 Å². The zero-order chi connectivity index (χ0) is 7.61. The van der Waals surface area contributed by atoms with Crippen molar-refractivity contribution < 1.29 is 20.1 Å². The van der Waals surface area contributed by atoms with E-state index in [0.29, 0.717) is 6.61 Å². The van der Waals surface area contributed by atoms with Crippen molar-refractivity contribution in [1.82, 2.24) is 0 Å². The van der Waals surface area contributed by atoms with Crippen LogP contribution in [0.15, 0.2) is 0 Å². The lowest BCUT2D eigenvalue weighted by atomic mass is 9.84. The Morgan fingerprint density at radius 1 is 1.30 bits per heavy atom. The second kappa shape index (κ2) is 2.84. The van der Waals surface area contributed by atoms with E-state index in [1.54, 1.807) is 0 Å². The van der Waals surface area contributed by atoms with Gasteiger partial charge in [0.25, 0.3) is 0 Å². The molecule has 0 aromatic carbocycles. The van der Waals surface area contributed by atoms with Crippen LogP contribution in [0.5, 0.6) is 0 Å². The Hall–Kier alpha value is -0.160. The van der Waals surface area contributed by atoms with Gasteiger partial charge in [-0.05, 0) is 0 Å². The molecule has 1 atom stereocenters. The van der Waals surface area contributed by atoms with Crippen molar-refractivity contribution in [1.29, 1.82) is 0 Å². The molecule has 0 amide bonds. The molecule has 0 radical (unpaired) electrons. The van der Waals surface area contributed by atoms with E-state index >= 15 is 0 Å². The summed E-state index contributed by atoms with van der Waals surface area (Å²) in [6.45, 7) is -0.0673. The van der Waals surface area contributed by atoms with Crippen molar-refractivity contribution >= 4 is 0 Å². The van der Waals surface area contributed by atoms with Crippen LogP contribution in [0.2, 0.25) is 0 Å². The highest BCUT2D eigenvalue weighted by molar-refractivity contribution is 4.94. The second-order valence-electron chi connectivity index (χ2n) is 2.57. The van der Waals surface area contributed by atoms with Gasteiger partial charge >= 0.3 is 0 Å². The summed E-state index contributed by atoms with van der Waals surface area (Å²) in [4.78, 5) is 0. The van der Waals surface area contributed by atoms with Crippen LogP contribution in [0.4, 0.5) is 0 Å².